The molecule has 2 bridgehead atoms. The van der Waals surface area contributed by atoms with Crippen LogP contribution in [0.4, 0.5) is 0 Å². The first-order chi connectivity index (χ1) is 10.2. The van der Waals surface area contributed by atoms with E-state index < -0.39 is 0 Å². The zero-order chi connectivity index (χ0) is 16.3. The van der Waals surface area contributed by atoms with Gasteiger partial charge in [-0.2, -0.15) is 5.10 Å². The minimum atomic E-state index is -0.103. The number of nitrogens with zero attached hydrogens (tertiary/aromatic N) is 2. The molecule has 4 heteroatoms. The third-order valence-electron chi connectivity index (χ3n) is 6.97. The summed E-state index contributed by atoms with van der Waals surface area (Å²) in [5.41, 5.74) is 3.40. The molecule has 3 atom stereocenters. The lowest BCUT2D eigenvalue weighted by Gasteiger charge is -2.38. The number of esters is 1. The Hall–Kier alpha value is -1.32. The van der Waals surface area contributed by atoms with Gasteiger partial charge in [0.1, 0.15) is 6.10 Å². The van der Waals surface area contributed by atoms with Crippen molar-refractivity contribution in [2.75, 3.05) is 0 Å². The normalized spacial score (nSPS) is 32.5. The maximum atomic E-state index is 12.5. The molecule has 2 aliphatic rings. The Morgan fingerprint density at radius 2 is 2.05 bits per heavy atom. The largest absolute Gasteiger partial charge is 0.462 e. The van der Waals surface area contributed by atoms with Crippen LogP contribution in [0.5, 0.6) is 0 Å². The van der Waals surface area contributed by atoms with Gasteiger partial charge in [0.15, 0.2) is 0 Å². The molecule has 0 saturated heterocycles. The van der Waals surface area contributed by atoms with Gasteiger partial charge >= 0.3 is 5.97 Å². The Morgan fingerprint density at radius 3 is 2.50 bits per heavy atom. The van der Waals surface area contributed by atoms with Crippen LogP contribution in [0.25, 0.3) is 0 Å². The summed E-state index contributed by atoms with van der Waals surface area (Å²) in [7, 11) is 1.91. The molecule has 0 aromatic carbocycles. The van der Waals surface area contributed by atoms with E-state index in [0.29, 0.717) is 12.3 Å². The minimum absolute atomic E-state index is 0.0750. The highest BCUT2D eigenvalue weighted by molar-refractivity contribution is 5.73. The third kappa shape index (κ3) is 2.03. The number of fused-ring (bicyclic) bond motifs is 2. The van der Waals surface area contributed by atoms with Gasteiger partial charge in [-0.3, -0.25) is 9.48 Å². The van der Waals surface area contributed by atoms with Gasteiger partial charge in [-0.05, 0) is 44.4 Å². The summed E-state index contributed by atoms with van der Waals surface area (Å²) < 4.78 is 7.76. The van der Waals surface area contributed by atoms with Crippen LogP contribution in [0.2, 0.25) is 0 Å². The predicted octanol–water partition coefficient (Wildman–Crippen LogP) is 3.34. The van der Waals surface area contributed by atoms with Crippen LogP contribution in [0, 0.1) is 30.6 Å². The molecule has 0 amide bonds. The Balaban J connectivity index is 1.71. The average Bonchev–Trinajstić information content (AvgIpc) is 2.87. The highest BCUT2D eigenvalue weighted by atomic mass is 16.5. The van der Waals surface area contributed by atoms with Crippen LogP contribution in [-0.2, 0) is 23.0 Å². The van der Waals surface area contributed by atoms with Crippen molar-refractivity contribution in [1.29, 1.82) is 0 Å². The summed E-state index contributed by atoms with van der Waals surface area (Å²) >= 11 is 0. The number of hydrogen-bond donors (Lipinski definition) is 0. The summed E-state index contributed by atoms with van der Waals surface area (Å²) in [5.74, 6) is 0.589. The number of carbonyl (C=O) groups excluding carboxylic acids is 1. The molecule has 2 saturated carbocycles. The average molecular weight is 304 g/mol. The van der Waals surface area contributed by atoms with Gasteiger partial charge in [-0.15, -0.1) is 0 Å². The first-order valence-electron chi connectivity index (χ1n) is 8.35. The molecule has 122 valence electrons. The number of aromatic nitrogens is 2. The molecule has 3 rings (SSSR count). The first kappa shape index (κ1) is 15.6. The fourth-order valence-corrected chi connectivity index (χ4v) is 4.73. The molecule has 1 aromatic rings. The van der Waals surface area contributed by atoms with Crippen molar-refractivity contribution < 1.29 is 9.53 Å². The highest BCUT2D eigenvalue weighted by Gasteiger charge is 2.62. The molecule has 1 heterocycles. The van der Waals surface area contributed by atoms with E-state index in [1.165, 1.54) is 12.8 Å². The van der Waals surface area contributed by atoms with Gasteiger partial charge < -0.3 is 4.74 Å². The number of hydrogen-bond acceptors (Lipinski definition) is 3. The molecule has 22 heavy (non-hydrogen) atoms. The lowest BCUT2D eigenvalue weighted by molar-refractivity contribution is -0.156. The molecule has 1 aromatic heterocycles. The molecule has 2 fully saturated rings. The summed E-state index contributed by atoms with van der Waals surface area (Å²) in [5, 5.41) is 4.38. The van der Waals surface area contributed by atoms with Crippen LogP contribution < -0.4 is 0 Å². The molecule has 0 radical (unpaired) electrons. The lowest BCUT2D eigenvalue weighted by atomic mass is 9.70. The number of aryl methyl sites for hydroxylation is 2. The Morgan fingerprint density at radius 1 is 1.36 bits per heavy atom. The summed E-state index contributed by atoms with van der Waals surface area (Å²) in [6.45, 7) is 10.9. The fourth-order valence-electron chi connectivity index (χ4n) is 4.73. The van der Waals surface area contributed by atoms with E-state index in [-0.39, 0.29) is 22.9 Å². The minimum Gasteiger partial charge on any atom is -0.462 e. The van der Waals surface area contributed by atoms with Crippen molar-refractivity contribution in [3.05, 3.63) is 17.0 Å². The summed E-state index contributed by atoms with van der Waals surface area (Å²) in [6.07, 6.45) is 3.89. The maximum Gasteiger partial charge on any atom is 0.310 e. The zero-order valence-electron chi connectivity index (χ0n) is 14.7. The van der Waals surface area contributed by atoms with Crippen LogP contribution in [0.3, 0.4) is 0 Å². The molecule has 2 aliphatic carbocycles. The zero-order valence-corrected chi connectivity index (χ0v) is 14.7. The molecule has 0 unspecified atom stereocenters. The molecule has 0 spiro atoms. The van der Waals surface area contributed by atoms with Crippen molar-refractivity contribution in [3.8, 4) is 0 Å². The SMILES string of the molecule is Cc1nn(C)c(C)c1CC(=O)O[C@H]1C[C@H]2CC[C@@]1(C)C2(C)C. The smallest absolute Gasteiger partial charge is 0.310 e. The number of rotatable bonds is 3. The predicted molar refractivity (Wildman–Crippen MR) is 85.5 cm³/mol. The van der Waals surface area contributed by atoms with Crippen molar-refractivity contribution in [2.24, 2.45) is 23.8 Å². The fraction of sp³-hybridized carbons (Fsp3) is 0.778. The van der Waals surface area contributed by atoms with Gasteiger partial charge in [0, 0.05) is 23.7 Å². The van der Waals surface area contributed by atoms with E-state index >= 15 is 0 Å². The second-order valence-corrected chi connectivity index (χ2v) is 8.04. The lowest BCUT2D eigenvalue weighted by Crippen LogP contribution is -2.38. The Kier molecular flexibility index (Phi) is 3.42. The van der Waals surface area contributed by atoms with Crippen LogP contribution >= 0.6 is 0 Å². The topological polar surface area (TPSA) is 44.1 Å². The van der Waals surface area contributed by atoms with E-state index in [1.54, 1.807) is 0 Å². The van der Waals surface area contributed by atoms with Crippen LogP contribution in [0.1, 0.15) is 57.0 Å². The van der Waals surface area contributed by atoms with E-state index in [1.807, 2.05) is 25.6 Å². The summed E-state index contributed by atoms with van der Waals surface area (Å²) in [4.78, 5) is 12.5. The Bertz CT molecular complexity index is 617. The number of carbonyl (C=O) groups is 1. The van der Waals surface area contributed by atoms with Crippen molar-refractivity contribution in [2.45, 2.75) is 66.4 Å². The van der Waals surface area contributed by atoms with Gasteiger partial charge in [-0.25, -0.2) is 0 Å². The molecule has 4 nitrogen and oxygen atoms in total. The first-order valence-corrected chi connectivity index (χ1v) is 8.35. The van der Waals surface area contributed by atoms with Crippen LogP contribution in [0.15, 0.2) is 0 Å². The van der Waals surface area contributed by atoms with Gasteiger partial charge in [0.05, 0.1) is 12.1 Å². The van der Waals surface area contributed by atoms with Gasteiger partial charge in [0.25, 0.3) is 0 Å². The Labute approximate surface area is 133 Å². The highest BCUT2D eigenvalue weighted by Crippen LogP contribution is 2.66. The maximum absolute atomic E-state index is 12.5. The van der Waals surface area contributed by atoms with Gasteiger partial charge in [0.2, 0.25) is 0 Å². The standard InChI is InChI=1S/C18H28N2O2/c1-11-14(12(2)20(6)19-11)10-16(21)22-15-9-13-7-8-18(15,5)17(13,3)4/h13,15H,7-10H2,1-6H3/t13-,15+,18-/m1/s1. The van der Waals surface area contributed by atoms with Crippen molar-refractivity contribution in [1.82, 2.24) is 9.78 Å². The quantitative estimate of drug-likeness (QED) is 0.805. The van der Waals surface area contributed by atoms with Crippen molar-refractivity contribution >= 4 is 5.97 Å². The van der Waals surface area contributed by atoms with Crippen LogP contribution in [-0.4, -0.2) is 21.9 Å². The van der Waals surface area contributed by atoms with Gasteiger partial charge in [-0.1, -0.05) is 20.8 Å². The van der Waals surface area contributed by atoms with E-state index in [4.69, 9.17) is 4.74 Å². The van der Waals surface area contributed by atoms with E-state index in [2.05, 4.69) is 25.9 Å². The molecule has 0 aliphatic heterocycles. The molecular formula is C18H28N2O2. The monoisotopic (exact) mass is 304 g/mol. The van der Waals surface area contributed by atoms with E-state index in [0.717, 1.165) is 23.4 Å². The molecular weight excluding hydrogens is 276 g/mol. The third-order valence-corrected chi connectivity index (χ3v) is 6.97. The second-order valence-electron chi connectivity index (χ2n) is 8.04. The van der Waals surface area contributed by atoms with Crippen molar-refractivity contribution in [3.63, 3.8) is 0 Å². The molecule has 0 N–H and O–H groups in total. The summed E-state index contributed by atoms with van der Waals surface area (Å²) in [6, 6.07) is 0. The number of ether oxygens (including phenoxy) is 1. The van der Waals surface area contributed by atoms with E-state index in [9.17, 15) is 4.79 Å². The second kappa shape index (κ2) is 4.84.